The van der Waals surface area contributed by atoms with E-state index in [4.69, 9.17) is 0 Å². The average Bonchev–Trinajstić information content (AvgIpc) is 3.34. The zero-order valence-electron chi connectivity index (χ0n) is 13.7. The van der Waals surface area contributed by atoms with E-state index in [2.05, 4.69) is 0 Å². The molecule has 0 radical (unpaired) electrons. The Morgan fingerprint density at radius 3 is 2.70 bits per heavy atom. The number of nitrogens with zero attached hydrogens (tertiary/aromatic N) is 2. The van der Waals surface area contributed by atoms with Crippen molar-refractivity contribution in [1.29, 1.82) is 0 Å². The third-order valence-electron chi connectivity index (χ3n) is 5.01. The number of rotatable bonds is 4. The second-order valence-electron chi connectivity index (χ2n) is 6.98. The van der Waals surface area contributed by atoms with Crippen LogP contribution in [0.3, 0.4) is 0 Å². The van der Waals surface area contributed by atoms with Crippen LogP contribution < -0.4 is 4.90 Å². The number of benzene rings is 1. The SMILES string of the molecule is CC(O)(CC(=O)N1CCCN(c2ccccc2F)CC1)C1CC1. The van der Waals surface area contributed by atoms with Crippen molar-refractivity contribution in [2.75, 3.05) is 31.1 Å². The summed E-state index contributed by atoms with van der Waals surface area (Å²) in [5.41, 5.74) is -0.277. The minimum Gasteiger partial charge on any atom is -0.389 e. The monoisotopic (exact) mass is 320 g/mol. The van der Waals surface area contributed by atoms with Gasteiger partial charge in [0.1, 0.15) is 5.82 Å². The summed E-state index contributed by atoms with van der Waals surface area (Å²) < 4.78 is 13.9. The molecule has 1 saturated heterocycles. The normalized spacial score (nSPS) is 21.7. The van der Waals surface area contributed by atoms with E-state index < -0.39 is 5.60 Å². The zero-order valence-corrected chi connectivity index (χ0v) is 13.7. The number of halogens is 1. The van der Waals surface area contributed by atoms with Gasteiger partial charge in [-0.1, -0.05) is 12.1 Å². The summed E-state index contributed by atoms with van der Waals surface area (Å²) in [7, 11) is 0. The highest BCUT2D eigenvalue weighted by Gasteiger charge is 2.42. The Hall–Kier alpha value is -1.62. The van der Waals surface area contributed by atoms with Gasteiger partial charge in [-0.3, -0.25) is 4.79 Å². The molecule has 0 spiro atoms. The summed E-state index contributed by atoms with van der Waals surface area (Å²) >= 11 is 0. The first-order valence-corrected chi connectivity index (χ1v) is 8.47. The first-order valence-electron chi connectivity index (χ1n) is 8.47. The van der Waals surface area contributed by atoms with Gasteiger partial charge in [0.05, 0.1) is 17.7 Å². The minimum atomic E-state index is -0.880. The minimum absolute atomic E-state index is 0.0114. The summed E-state index contributed by atoms with van der Waals surface area (Å²) in [6.45, 7) is 4.38. The molecule has 5 heteroatoms. The summed E-state index contributed by atoms with van der Waals surface area (Å²) in [4.78, 5) is 16.3. The number of carbonyl (C=O) groups excluding carboxylic acids is 1. The van der Waals surface area contributed by atoms with Crippen LogP contribution in [0.25, 0.3) is 0 Å². The highest BCUT2D eigenvalue weighted by molar-refractivity contribution is 5.77. The van der Waals surface area contributed by atoms with Crippen molar-refractivity contribution in [3.63, 3.8) is 0 Å². The van der Waals surface area contributed by atoms with Gasteiger partial charge in [-0.05, 0) is 44.2 Å². The lowest BCUT2D eigenvalue weighted by Gasteiger charge is -2.28. The Labute approximate surface area is 136 Å². The van der Waals surface area contributed by atoms with Crippen molar-refractivity contribution < 1.29 is 14.3 Å². The van der Waals surface area contributed by atoms with Crippen molar-refractivity contribution in [2.45, 2.75) is 38.2 Å². The molecule has 23 heavy (non-hydrogen) atoms. The first kappa shape index (κ1) is 16.2. The van der Waals surface area contributed by atoms with Crippen LogP contribution in [0.1, 0.15) is 32.6 Å². The second-order valence-corrected chi connectivity index (χ2v) is 6.98. The fourth-order valence-corrected chi connectivity index (χ4v) is 3.38. The van der Waals surface area contributed by atoms with Gasteiger partial charge in [-0.2, -0.15) is 0 Å². The second kappa shape index (κ2) is 6.48. The topological polar surface area (TPSA) is 43.8 Å². The van der Waals surface area contributed by atoms with Gasteiger partial charge in [0.2, 0.25) is 5.91 Å². The Morgan fingerprint density at radius 2 is 2.00 bits per heavy atom. The van der Waals surface area contributed by atoms with Crippen molar-refractivity contribution in [3.8, 4) is 0 Å². The van der Waals surface area contributed by atoms with E-state index in [1.165, 1.54) is 6.07 Å². The highest BCUT2D eigenvalue weighted by atomic mass is 19.1. The van der Waals surface area contributed by atoms with Gasteiger partial charge in [0.25, 0.3) is 0 Å². The van der Waals surface area contributed by atoms with Crippen LogP contribution in [0.15, 0.2) is 24.3 Å². The third-order valence-corrected chi connectivity index (χ3v) is 5.01. The van der Waals surface area contributed by atoms with Gasteiger partial charge in [-0.15, -0.1) is 0 Å². The molecule has 2 fully saturated rings. The largest absolute Gasteiger partial charge is 0.389 e. The molecule has 1 amide bonds. The van der Waals surface area contributed by atoms with E-state index in [-0.39, 0.29) is 24.1 Å². The number of carbonyl (C=O) groups is 1. The molecule has 3 rings (SSSR count). The van der Waals surface area contributed by atoms with E-state index in [1.807, 2.05) is 15.9 Å². The fourth-order valence-electron chi connectivity index (χ4n) is 3.38. The average molecular weight is 320 g/mol. The molecule has 1 aromatic carbocycles. The number of aliphatic hydroxyl groups is 1. The van der Waals surface area contributed by atoms with Crippen molar-refractivity contribution in [2.24, 2.45) is 5.92 Å². The lowest BCUT2D eigenvalue weighted by Crippen LogP contribution is -2.40. The zero-order chi connectivity index (χ0) is 16.4. The van der Waals surface area contributed by atoms with Crippen LogP contribution in [0.2, 0.25) is 0 Å². The lowest BCUT2D eigenvalue weighted by molar-refractivity contribution is -0.136. The maximum Gasteiger partial charge on any atom is 0.225 e. The molecule has 4 nitrogen and oxygen atoms in total. The summed E-state index contributed by atoms with van der Waals surface area (Å²) in [6, 6.07) is 6.77. The summed E-state index contributed by atoms with van der Waals surface area (Å²) in [6.07, 6.45) is 3.03. The van der Waals surface area contributed by atoms with Gasteiger partial charge < -0.3 is 14.9 Å². The van der Waals surface area contributed by atoms with E-state index >= 15 is 0 Å². The Bertz CT molecular complexity index is 572. The fraction of sp³-hybridized carbons (Fsp3) is 0.611. The van der Waals surface area contributed by atoms with E-state index in [0.29, 0.717) is 25.3 Å². The van der Waals surface area contributed by atoms with Crippen LogP contribution in [0.5, 0.6) is 0 Å². The molecule has 1 unspecified atom stereocenters. The molecule has 1 N–H and O–H groups in total. The first-order chi connectivity index (χ1) is 11.0. The predicted octanol–water partition coefficient (Wildman–Crippen LogP) is 2.42. The van der Waals surface area contributed by atoms with Crippen LogP contribution in [-0.2, 0) is 4.79 Å². The van der Waals surface area contributed by atoms with Crippen molar-refractivity contribution in [1.82, 2.24) is 4.90 Å². The van der Waals surface area contributed by atoms with E-state index in [9.17, 15) is 14.3 Å². The quantitative estimate of drug-likeness (QED) is 0.926. The van der Waals surface area contributed by atoms with E-state index in [0.717, 1.165) is 25.8 Å². The maximum absolute atomic E-state index is 13.9. The molecule has 1 aromatic rings. The smallest absolute Gasteiger partial charge is 0.225 e. The Balaban J connectivity index is 1.60. The molecule has 1 aliphatic carbocycles. The molecule has 1 heterocycles. The van der Waals surface area contributed by atoms with Gasteiger partial charge in [0, 0.05) is 26.2 Å². The third kappa shape index (κ3) is 3.83. The summed E-state index contributed by atoms with van der Waals surface area (Å²) in [5, 5.41) is 10.4. The van der Waals surface area contributed by atoms with Crippen LogP contribution in [0, 0.1) is 11.7 Å². The van der Waals surface area contributed by atoms with Crippen LogP contribution in [0.4, 0.5) is 10.1 Å². The van der Waals surface area contributed by atoms with Crippen LogP contribution >= 0.6 is 0 Å². The molecule has 2 aliphatic rings. The molecule has 0 aromatic heterocycles. The molecular weight excluding hydrogens is 295 g/mol. The molecule has 1 aliphatic heterocycles. The van der Waals surface area contributed by atoms with Gasteiger partial charge in [0.15, 0.2) is 0 Å². The van der Waals surface area contributed by atoms with Gasteiger partial charge in [-0.25, -0.2) is 4.39 Å². The number of para-hydroxylation sites is 1. The van der Waals surface area contributed by atoms with Crippen LogP contribution in [-0.4, -0.2) is 47.7 Å². The molecule has 1 saturated carbocycles. The standard InChI is InChI=1S/C18H25FN2O2/c1-18(23,14-7-8-14)13-17(22)21-10-4-9-20(11-12-21)16-6-3-2-5-15(16)19/h2-3,5-6,14,23H,4,7-13H2,1H3. The number of amides is 1. The molecule has 0 bridgehead atoms. The molecular formula is C18H25FN2O2. The predicted molar refractivity (Wildman–Crippen MR) is 87.8 cm³/mol. The van der Waals surface area contributed by atoms with Gasteiger partial charge >= 0.3 is 0 Å². The Morgan fingerprint density at radius 1 is 1.26 bits per heavy atom. The number of hydrogen-bond donors (Lipinski definition) is 1. The number of anilines is 1. The maximum atomic E-state index is 13.9. The van der Waals surface area contributed by atoms with Crippen molar-refractivity contribution in [3.05, 3.63) is 30.1 Å². The Kier molecular flexibility index (Phi) is 4.57. The summed E-state index contributed by atoms with van der Waals surface area (Å²) in [5.74, 6) is 0.0644. The van der Waals surface area contributed by atoms with Crippen molar-refractivity contribution >= 4 is 11.6 Å². The molecule has 1 atom stereocenters. The van der Waals surface area contributed by atoms with E-state index in [1.54, 1.807) is 19.1 Å². The highest BCUT2D eigenvalue weighted by Crippen LogP contribution is 2.41. The molecule has 126 valence electrons. The number of hydrogen-bond acceptors (Lipinski definition) is 3. The lowest BCUT2D eigenvalue weighted by atomic mass is 9.95.